The van der Waals surface area contributed by atoms with Crippen LogP contribution in [0.15, 0.2) is 41.1 Å². The molecule has 1 aromatic heterocycles. The molecule has 0 radical (unpaired) electrons. The molecule has 166 valence electrons. The Kier molecular flexibility index (Phi) is 8.46. The van der Waals surface area contributed by atoms with E-state index in [1.807, 2.05) is 6.92 Å². The summed E-state index contributed by atoms with van der Waals surface area (Å²) in [5, 5.41) is 3.30. The molecule has 1 aromatic carbocycles. The predicted molar refractivity (Wildman–Crippen MR) is 126 cm³/mol. The number of rotatable bonds is 6. The Morgan fingerprint density at radius 3 is 2.71 bits per heavy atom. The van der Waals surface area contributed by atoms with E-state index in [9.17, 15) is 9.59 Å². The minimum atomic E-state index is -0.575. The Hall–Kier alpha value is -1.96. The van der Waals surface area contributed by atoms with E-state index < -0.39 is 6.04 Å². The highest BCUT2D eigenvalue weighted by molar-refractivity contribution is 9.10. The normalized spacial score (nSPS) is 17.3. The number of pyridine rings is 1. The lowest BCUT2D eigenvalue weighted by Crippen LogP contribution is -2.53. The van der Waals surface area contributed by atoms with Crippen molar-refractivity contribution in [1.29, 1.82) is 0 Å². The monoisotopic (exact) mass is 506 g/mol. The van der Waals surface area contributed by atoms with Crippen molar-refractivity contribution in [2.75, 3.05) is 26.2 Å². The molecule has 0 bridgehead atoms. The Bertz CT molecular complexity index is 940. The van der Waals surface area contributed by atoms with E-state index in [1.165, 1.54) is 23.5 Å². The molecule has 0 spiro atoms. The van der Waals surface area contributed by atoms with Crippen LogP contribution in [0.3, 0.4) is 0 Å². The molecule has 0 aliphatic carbocycles. The van der Waals surface area contributed by atoms with Crippen LogP contribution in [-0.4, -0.2) is 58.8 Å². The summed E-state index contributed by atoms with van der Waals surface area (Å²) in [5.74, 6) is -0.352. The molecule has 2 amide bonds. The van der Waals surface area contributed by atoms with Crippen LogP contribution in [0, 0.1) is 0 Å². The fraction of sp³-hybridized carbons (Fsp3) is 0.435. The molecular formula is C23H28BrClN4O2. The van der Waals surface area contributed by atoms with Gasteiger partial charge in [-0.2, -0.15) is 0 Å². The number of likely N-dealkylation sites (N-methyl/N-ethyl adjacent to an activating group) is 1. The zero-order valence-electron chi connectivity index (χ0n) is 17.9. The molecule has 1 saturated heterocycles. The van der Waals surface area contributed by atoms with Gasteiger partial charge in [0.2, 0.25) is 5.91 Å². The summed E-state index contributed by atoms with van der Waals surface area (Å²) in [5.41, 5.74) is 2.93. The van der Waals surface area contributed by atoms with Crippen molar-refractivity contribution < 1.29 is 9.59 Å². The summed E-state index contributed by atoms with van der Waals surface area (Å²) in [4.78, 5) is 34.2. The van der Waals surface area contributed by atoms with E-state index in [0.29, 0.717) is 30.2 Å². The van der Waals surface area contributed by atoms with E-state index in [2.05, 4.69) is 56.3 Å². The van der Waals surface area contributed by atoms with Gasteiger partial charge < -0.3 is 10.2 Å². The van der Waals surface area contributed by atoms with Gasteiger partial charge in [0, 0.05) is 49.6 Å². The highest BCUT2D eigenvalue weighted by Gasteiger charge is 2.34. The first-order chi connectivity index (χ1) is 14.9. The van der Waals surface area contributed by atoms with Gasteiger partial charge in [-0.25, -0.2) is 0 Å². The topological polar surface area (TPSA) is 65.5 Å². The smallest absolute Gasteiger partial charge is 0.256 e. The first-order valence-corrected chi connectivity index (χ1v) is 11.8. The molecule has 31 heavy (non-hydrogen) atoms. The molecular weight excluding hydrogens is 480 g/mol. The molecule has 1 N–H and O–H groups in total. The molecule has 1 aliphatic heterocycles. The second kappa shape index (κ2) is 11.1. The second-order valence-electron chi connectivity index (χ2n) is 7.66. The van der Waals surface area contributed by atoms with Crippen molar-refractivity contribution >= 4 is 39.3 Å². The minimum Gasteiger partial charge on any atom is -0.355 e. The van der Waals surface area contributed by atoms with Crippen molar-refractivity contribution in [2.24, 2.45) is 0 Å². The van der Waals surface area contributed by atoms with E-state index in [-0.39, 0.29) is 11.8 Å². The van der Waals surface area contributed by atoms with E-state index >= 15 is 0 Å². The molecule has 1 aliphatic rings. The number of aryl methyl sites for hydroxylation is 1. The summed E-state index contributed by atoms with van der Waals surface area (Å²) < 4.78 is 1.07. The minimum absolute atomic E-state index is 0.135. The number of aromatic nitrogens is 1. The third kappa shape index (κ3) is 6.05. The third-order valence-corrected chi connectivity index (χ3v) is 6.19. The van der Waals surface area contributed by atoms with Crippen molar-refractivity contribution in [1.82, 2.24) is 20.1 Å². The van der Waals surface area contributed by atoms with Crippen molar-refractivity contribution in [3.05, 3.63) is 62.8 Å². The summed E-state index contributed by atoms with van der Waals surface area (Å²) >= 11 is 9.58. The molecule has 0 saturated carbocycles. The van der Waals surface area contributed by atoms with Gasteiger partial charge in [-0.15, -0.1) is 0 Å². The summed E-state index contributed by atoms with van der Waals surface area (Å²) in [7, 11) is 0. The predicted octanol–water partition coefficient (Wildman–Crippen LogP) is 3.91. The number of nitrogens with zero attached hydrogens (tertiary/aromatic N) is 3. The first kappa shape index (κ1) is 23.7. The Labute approximate surface area is 197 Å². The largest absolute Gasteiger partial charge is 0.355 e. The SMILES string of the molecule is CCNC(=O)[C@H]1CN(Cc2ccc(Br)cc2CC)CCCN1C(=O)c1cncc(Cl)c1. The summed E-state index contributed by atoms with van der Waals surface area (Å²) in [6.45, 7) is 7.08. The van der Waals surface area contributed by atoms with Crippen LogP contribution in [0.5, 0.6) is 0 Å². The zero-order valence-corrected chi connectivity index (χ0v) is 20.2. The molecule has 1 fully saturated rings. The van der Waals surface area contributed by atoms with Crippen LogP contribution in [0.25, 0.3) is 0 Å². The lowest BCUT2D eigenvalue weighted by molar-refractivity contribution is -0.125. The van der Waals surface area contributed by atoms with Crippen molar-refractivity contribution in [3.63, 3.8) is 0 Å². The van der Waals surface area contributed by atoms with Crippen LogP contribution in [0.2, 0.25) is 5.02 Å². The summed E-state index contributed by atoms with van der Waals surface area (Å²) in [6.07, 6.45) is 4.72. The molecule has 6 nitrogen and oxygen atoms in total. The van der Waals surface area contributed by atoms with Crippen LogP contribution in [0.1, 0.15) is 41.8 Å². The Balaban J connectivity index is 1.85. The maximum atomic E-state index is 13.3. The molecule has 2 aromatic rings. The molecule has 1 atom stereocenters. The third-order valence-electron chi connectivity index (χ3n) is 5.49. The average Bonchev–Trinajstić information content (AvgIpc) is 2.97. The number of hydrogen-bond donors (Lipinski definition) is 1. The van der Waals surface area contributed by atoms with E-state index in [4.69, 9.17) is 11.6 Å². The average molecular weight is 508 g/mol. The number of carbonyl (C=O) groups is 2. The molecule has 8 heteroatoms. The van der Waals surface area contributed by atoms with Gasteiger partial charge in [0.25, 0.3) is 5.91 Å². The van der Waals surface area contributed by atoms with Gasteiger partial charge >= 0.3 is 0 Å². The molecule has 0 unspecified atom stereocenters. The standard InChI is InChI=1S/C23H28BrClN4O2/c1-3-16-10-19(24)7-6-17(16)14-28-8-5-9-29(21(15-28)22(30)27-4-2)23(31)18-11-20(25)13-26-12-18/h6-7,10-13,21H,3-5,8-9,14-15H2,1-2H3,(H,27,30)/t21-/m1/s1. The fourth-order valence-electron chi connectivity index (χ4n) is 3.97. The number of amides is 2. The van der Waals surface area contributed by atoms with E-state index in [0.717, 1.165) is 30.4 Å². The van der Waals surface area contributed by atoms with Gasteiger partial charge in [0.15, 0.2) is 0 Å². The Morgan fingerprint density at radius 2 is 2.00 bits per heavy atom. The van der Waals surface area contributed by atoms with Gasteiger partial charge in [0.05, 0.1) is 10.6 Å². The number of nitrogens with one attached hydrogen (secondary N) is 1. The number of hydrogen-bond acceptors (Lipinski definition) is 4. The maximum absolute atomic E-state index is 13.3. The van der Waals surface area contributed by atoms with Crippen molar-refractivity contribution in [3.8, 4) is 0 Å². The fourth-order valence-corrected chi connectivity index (χ4v) is 4.55. The number of benzene rings is 1. The van der Waals surface area contributed by atoms with Crippen LogP contribution < -0.4 is 5.32 Å². The van der Waals surface area contributed by atoms with Crippen LogP contribution in [-0.2, 0) is 17.8 Å². The molecule has 2 heterocycles. The lowest BCUT2D eigenvalue weighted by Gasteiger charge is -2.31. The van der Waals surface area contributed by atoms with Gasteiger partial charge in [-0.1, -0.05) is 40.5 Å². The number of carbonyl (C=O) groups excluding carboxylic acids is 2. The maximum Gasteiger partial charge on any atom is 0.256 e. The van der Waals surface area contributed by atoms with Gasteiger partial charge in [0.1, 0.15) is 6.04 Å². The Morgan fingerprint density at radius 1 is 1.19 bits per heavy atom. The summed E-state index contributed by atoms with van der Waals surface area (Å²) in [6, 6.07) is 7.36. The second-order valence-corrected chi connectivity index (χ2v) is 9.01. The first-order valence-electron chi connectivity index (χ1n) is 10.6. The quantitative estimate of drug-likeness (QED) is 0.644. The highest BCUT2D eigenvalue weighted by Crippen LogP contribution is 2.22. The van der Waals surface area contributed by atoms with Crippen LogP contribution >= 0.6 is 27.5 Å². The van der Waals surface area contributed by atoms with Gasteiger partial charge in [-0.05, 0) is 49.1 Å². The van der Waals surface area contributed by atoms with Crippen LogP contribution in [0.4, 0.5) is 0 Å². The zero-order chi connectivity index (χ0) is 22.4. The van der Waals surface area contributed by atoms with Crippen molar-refractivity contribution in [2.45, 2.75) is 39.3 Å². The van der Waals surface area contributed by atoms with E-state index in [1.54, 1.807) is 11.0 Å². The highest BCUT2D eigenvalue weighted by atomic mass is 79.9. The lowest BCUT2D eigenvalue weighted by atomic mass is 10.0. The number of halogens is 2. The van der Waals surface area contributed by atoms with Gasteiger partial charge in [-0.3, -0.25) is 19.5 Å². The molecule has 3 rings (SSSR count).